The van der Waals surface area contributed by atoms with Gasteiger partial charge in [-0.2, -0.15) is 0 Å². The van der Waals surface area contributed by atoms with E-state index in [0.29, 0.717) is 17.9 Å². The molecule has 55 heavy (non-hydrogen) atoms. The number of carbonyl (C=O) groups excluding carboxylic acids is 6. The first-order valence-electron chi connectivity index (χ1n) is 19.5. The SMILES string of the molecule is CC(=O)N[C@@H](CCC(N)=O)C(=O)N[C@@H](CC1CCCCC1)C(=O)N[C@@H](CC(=O)O)C(=O)N[C@@H](CCC1CCCCC1)C(=O)N[C@@H](Cc1ccccc1)C(=O)O. The molecule has 16 heteroatoms. The topological polar surface area (TPSA) is 263 Å². The third kappa shape index (κ3) is 16.5. The second-order valence-corrected chi connectivity index (χ2v) is 14.9. The Hall–Kier alpha value is -5.02. The van der Waals surface area contributed by atoms with Crippen molar-refractivity contribution in [1.82, 2.24) is 26.6 Å². The number of nitrogens with two attached hydrogens (primary N) is 1. The van der Waals surface area contributed by atoms with Gasteiger partial charge in [0.05, 0.1) is 6.42 Å². The maximum absolute atomic E-state index is 13.9. The fourth-order valence-corrected chi connectivity index (χ4v) is 7.46. The lowest BCUT2D eigenvalue weighted by molar-refractivity contribution is -0.143. The fraction of sp³-hybridized carbons (Fsp3) is 0.641. The molecular weight excluding hydrogens is 712 g/mol. The molecule has 0 radical (unpaired) electrons. The zero-order valence-electron chi connectivity index (χ0n) is 31.7. The minimum atomic E-state index is -1.67. The molecule has 1 aromatic carbocycles. The predicted molar refractivity (Wildman–Crippen MR) is 201 cm³/mol. The Morgan fingerprint density at radius 3 is 1.67 bits per heavy atom. The molecule has 16 nitrogen and oxygen atoms in total. The number of carboxylic acid groups (broad SMARTS) is 2. The first-order valence-corrected chi connectivity index (χ1v) is 19.5. The number of carbonyl (C=O) groups is 8. The zero-order valence-corrected chi connectivity index (χ0v) is 31.7. The summed E-state index contributed by atoms with van der Waals surface area (Å²) in [4.78, 5) is 102. The van der Waals surface area contributed by atoms with Gasteiger partial charge in [0.15, 0.2) is 0 Å². The smallest absolute Gasteiger partial charge is 0.326 e. The first kappa shape index (κ1) is 44.4. The van der Waals surface area contributed by atoms with E-state index in [1.807, 2.05) is 0 Å². The predicted octanol–water partition coefficient (Wildman–Crippen LogP) is 1.83. The molecule has 9 N–H and O–H groups in total. The Morgan fingerprint density at radius 2 is 1.13 bits per heavy atom. The molecule has 0 spiro atoms. The third-order valence-electron chi connectivity index (χ3n) is 10.4. The molecule has 0 unspecified atom stereocenters. The van der Waals surface area contributed by atoms with E-state index in [1.165, 1.54) is 6.92 Å². The van der Waals surface area contributed by atoms with Crippen molar-refractivity contribution in [3.8, 4) is 0 Å². The average Bonchev–Trinajstić information content (AvgIpc) is 3.14. The molecule has 2 aliphatic rings. The standard InChI is InChI=1S/C39H58N6O10/c1-24(46)41-28(19-20-33(40)47)35(50)43-30(21-26-13-7-3-8-14-26)37(52)44-31(23-34(48)49)38(53)42-29(18-17-25-11-5-2-6-12-25)36(51)45-32(39(54)55)22-27-15-9-4-10-16-27/h4,9-10,15-16,25-26,28-32H,2-3,5-8,11-14,17-23H2,1H3,(H2,40,47)(H,41,46)(H,42,53)(H,43,50)(H,44,52)(H,45,51)(H,48,49)(H,54,55)/t28-,29-,30-,31-,32-/m0/s1. The highest BCUT2D eigenvalue weighted by atomic mass is 16.4. The Kier molecular flexibility index (Phi) is 18.6. The van der Waals surface area contributed by atoms with Crippen LogP contribution in [0.5, 0.6) is 0 Å². The summed E-state index contributed by atoms with van der Waals surface area (Å²) < 4.78 is 0. The van der Waals surface area contributed by atoms with Crippen LogP contribution in [-0.4, -0.2) is 87.8 Å². The summed E-state index contributed by atoms with van der Waals surface area (Å²) in [5, 5.41) is 32.4. The van der Waals surface area contributed by atoms with Gasteiger partial charge in [0.2, 0.25) is 35.4 Å². The molecule has 2 saturated carbocycles. The van der Waals surface area contributed by atoms with E-state index in [1.54, 1.807) is 30.3 Å². The lowest BCUT2D eigenvalue weighted by Crippen LogP contribution is -2.59. The molecule has 0 bridgehead atoms. The Bertz CT molecular complexity index is 1480. The van der Waals surface area contributed by atoms with Gasteiger partial charge in [0.25, 0.3) is 0 Å². The number of hydrogen-bond donors (Lipinski definition) is 8. The molecule has 1 aromatic rings. The average molecular weight is 771 g/mol. The quantitative estimate of drug-likeness (QED) is 0.0848. The van der Waals surface area contributed by atoms with Crippen LogP contribution in [0.3, 0.4) is 0 Å². The van der Waals surface area contributed by atoms with Crippen molar-refractivity contribution < 1.29 is 48.6 Å². The van der Waals surface area contributed by atoms with Gasteiger partial charge in [-0.1, -0.05) is 94.5 Å². The molecule has 0 aliphatic heterocycles. The van der Waals surface area contributed by atoms with Gasteiger partial charge in [-0.15, -0.1) is 0 Å². The Labute approximate surface area is 321 Å². The molecule has 6 amide bonds. The maximum atomic E-state index is 13.9. The van der Waals surface area contributed by atoms with E-state index in [9.17, 15) is 48.6 Å². The third-order valence-corrected chi connectivity index (χ3v) is 10.4. The highest BCUT2D eigenvalue weighted by Gasteiger charge is 2.35. The Balaban J connectivity index is 1.83. The number of hydrogen-bond acceptors (Lipinski definition) is 8. The fourth-order valence-electron chi connectivity index (χ4n) is 7.46. The summed E-state index contributed by atoms with van der Waals surface area (Å²) in [5.41, 5.74) is 5.94. The van der Waals surface area contributed by atoms with Gasteiger partial charge in [0.1, 0.15) is 30.2 Å². The van der Waals surface area contributed by atoms with Crippen LogP contribution in [0.15, 0.2) is 30.3 Å². The molecular formula is C39H58N6O10. The number of nitrogens with one attached hydrogen (secondary N) is 5. The van der Waals surface area contributed by atoms with E-state index in [4.69, 9.17) is 5.73 Å². The lowest BCUT2D eigenvalue weighted by Gasteiger charge is -2.30. The molecule has 5 atom stereocenters. The summed E-state index contributed by atoms with van der Waals surface area (Å²) in [6, 6.07) is 2.10. The summed E-state index contributed by atoms with van der Waals surface area (Å²) in [5.74, 6) is -6.91. The van der Waals surface area contributed by atoms with Crippen LogP contribution in [0, 0.1) is 11.8 Å². The Morgan fingerprint density at radius 1 is 0.636 bits per heavy atom. The van der Waals surface area contributed by atoms with Crippen molar-refractivity contribution in [2.75, 3.05) is 0 Å². The molecule has 2 aliphatic carbocycles. The zero-order chi connectivity index (χ0) is 40.3. The van der Waals surface area contributed by atoms with Crippen LogP contribution in [0.25, 0.3) is 0 Å². The van der Waals surface area contributed by atoms with Crippen LogP contribution >= 0.6 is 0 Å². The second kappa shape index (κ2) is 23.0. The second-order valence-electron chi connectivity index (χ2n) is 14.9. The number of rotatable bonds is 22. The van der Waals surface area contributed by atoms with E-state index >= 15 is 0 Å². The van der Waals surface area contributed by atoms with Crippen molar-refractivity contribution in [2.24, 2.45) is 17.6 Å². The van der Waals surface area contributed by atoms with Gasteiger partial charge in [-0.25, -0.2) is 4.79 Å². The molecule has 3 rings (SSSR count). The number of primary amides is 1. The van der Waals surface area contributed by atoms with Crippen LogP contribution in [0.2, 0.25) is 0 Å². The monoisotopic (exact) mass is 770 g/mol. The first-order chi connectivity index (χ1) is 26.2. The summed E-state index contributed by atoms with van der Waals surface area (Å²) in [7, 11) is 0. The van der Waals surface area contributed by atoms with Crippen molar-refractivity contribution in [3.63, 3.8) is 0 Å². The van der Waals surface area contributed by atoms with Crippen LogP contribution in [-0.2, 0) is 44.8 Å². The van der Waals surface area contributed by atoms with Crippen LogP contribution in [0.1, 0.15) is 115 Å². The molecule has 0 aromatic heterocycles. The van der Waals surface area contributed by atoms with Gasteiger partial charge in [-0.05, 0) is 43.1 Å². The van der Waals surface area contributed by atoms with Gasteiger partial charge in [0, 0.05) is 19.8 Å². The highest BCUT2D eigenvalue weighted by Crippen LogP contribution is 2.29. The van der Waals surface area contributed by atoms with Crippen molar-refractivity contribution in [1.29, 1.82) is 0 Å². The normalized spacial score (nSPS) is 17.6. The summed E-state index contributed by atoms with van der Waals surface area (Å²) >= 11 is 0. The summed E-state index contributed by atoms with van der Waals surface area (Å²) in [6.45, 7) is 1.19. The molecule has 304 valence electrons. The number of carboxylic acids is 2. The van der Waals surface area contributed by atoms with Gasteiger partial charge < -0.3 is 42.5 Å². The van der Waals surface area contributed by atoms with Gasteiger partial charge >= 0.3 is 11.9 Å². The lowest BCUT2D eigenvalue weighted by atomic mass is 9.84. The van der Waals surface area contributed by atoms with E-state index in [2.05, 4.69) is 26.6 Å². The molecule has 2 fully saturated rings. The number of aliphatic carboxylic acids is 2. The largest absolute Gasteiger partial charge is 0.481 e. The molecule has 0 saturated heterocycles. The van der Waals surface area contributed by atoms with E-state index in [-0.39, 0.29) is 38.0 Å². The van der Waals surface area contributed by atoms with Crippen molar-refractivity contribution in [2.45, 2.75) is 146 Å². The minimum absolute atomic E-state index is 0.0116. The van der Waals surface area contributed by atoms with Crippen LogP contribution in [0.4, 0.5) is 0 Å². The highest BCUT2D eigenvalue weighted by molar-refractivity contribution is 5.97. The van der Waals surface area contributed by atoms with Crippen molar-refractivity contribution >= 4 is 47.4 Å². The maximum Gasteiger partial charge on any atom is 0.326 e. The number of benzene rings is 1. The minimum Gasteiger partial charge on any atom is -0.481 e. The summed E-state index contributed by atoms with van der Waals surface area (Å²) in [6.07, 6.45) is 9.20. The van der Waals surface area contributed by atoms with E-state index < -0.39 is 84.0 Å². The molecule has 0 heterocycles. The van der Waals surface area contributed by atoms with Crippen molar-refractivity contribution in [3.05, 3.63) is 35.9 Å². The number of amides is 6. The van der Waals surface area contributed by atoms with Crippen LogP contribution < -0.4 is 32.3 Å². The van der Waals surface area contributed by atoms with Gasteiger partial charge in [-0.3, -0.25) is 33.6 Å². The van der Waals surface area contributed by atoms with E-state index in [0.717, 1.165) is 64.2 Å².